The van der Waals surface area contributed by atoms with Crippen molar-refractivity contribution in [3.8, 4) is 5.75 Å². The van der Waals surface area contributed by atoms with E-state index in [1.165, 1.54) is 18.2 Å². The molecule has 0 unspecified atom stereocenters. The topological polar surface area (TPSA) is 49.3 Å². The van der Waals surface area contributed by atoms with Crippen LogP contribution in [0.5, 0.6) is 5.75 Å². The van der Waals surface area contributed by atoms with Crippen molar-refractivity contribution in [2.45, 2.75) is 20.8 Å². The third-order valence-corrected chi connectivity index (χ3v) is 2.30. The molecule has 4 heteroatoms. The maximum Gasteiger partial charge on any atom is 0.252 e. The number of phenolic OH excluding ortho intramolecular Hbond substituents is 1. The molecule has 16 heavy (non-hydrogen) atoms. The van der Waals surface area contributed by atoms with Gasteiger partial charge in [0.15, 0.2) is 0 Å². The van der Waals surface area contributed by atoms with E-state index in [2.05, 4.69) is 5.32 Å². The summed E-state index contributed by atoms with van der Waals surface area (Å²) in [5.41, 5.74) is 0.310. The van der Waals surface area contributed by atoms with Gasteiger partial charge in [-0.3, -0.25) is 4.79 Å². The SMILES string of the molecule is CC(C)(C)CNC(=O)c1cc(O)ccc1Cl. The number of nitrogens with one attached hydrogen (secondary N) is 1. The fourth-order valence-electron chi connectivity index (χ4n) is 1.13. The Morgan fingerprint density at radius 2 is 2.06 bits per heavy atom. The monoisotopic (exact) mass is 241 g/mol. The van der Waals surface area contributed by atoms with E-state index >= 15 is 0 Å². The number of amides is 1. The molecule has 0 saturated heterocycles. The van der Waals surface area contributed by atoms with E-state index in [-0.39, 0.29) is 17.1 Å². The van der Waals surface area contributed by atoms with E-state index in [4.69, 9.17) is 11.6 Å². The Labute approximate surface area is 100 Å². The van der Waals surface area contributed by atoms with Gasteiger partial charge in [-0.25, -0.2) is 0 Å². The first kappa shape index (κ1) is 12.8. The minimum absolute atomic E-state index is 0.0129. The fourth-order valence-corrected chi connectivity index (χ4v) is 1.33. The third kappa shape index (κ3) is 3.74. The van der Waals surface area contributed by atoms with Crippen LogP contribution in [-0.2, 0) is 0 Å². The number of benzene rings is 1. The molecule has 3 nitrogen and oxygen atoms in total. The van der Waals surface area contributed by atoms with E-state index in [1.54, 1.807) is 0 Å². The summed E-state index contributed by atoms with van der Waals surface area (Å²) in [4.78, 5) is 11.8. The standard InChI is InChI=1S/C12H16ClNO2/c1-12(2,3)7-14-11(16)9-6-8(15)4-5-10(9)13/h4-6,15H,7H2,1-3H3,(H,14,16). The predicted octanol–water partition coefficient (Wildman–Crippen LogP) is 2.82. The molecular formula is C12H16ClNO2. The Morgan fingerprint density at radius 3 is 2.62 bits per heavy atom. The zero-order valence-corrected chi connectivity index (χ0v) is 10.4. The van der Waals surface area contributed by atoms with Gasteiger partial charge in [-0.05, 0) is 23.6 Å². The molecule has 0 heterocycles. The number of rotatable bonds is 2. The first-order valence-corrected chi connectivity index (χ1v) is 5.44. The highest BCUT2D eigenvalue weighted by Gasteiger charge is 2.15. The molecule has 0 bridgehead atoms. The molecule has 1 rings (SSSR count). The summed E-state index contributed by atoms with van der Waals surface area (Å²) < 4.78 is 0. The van der Waals surface area contributed by atoms with Gasteiger partial charge in [-0.15, -0.1) is 0 Å². The largest absolute Gasteiger partial charge is 0.508 e. The van der Waals surface area contributed by atoms with Crippen molar-refractivity contribution in [3.63, 3.8) is 0 Å². The average molecular weight is 242 g/mol. The van der Waals surface area contributed by atoms with Gasteiger partial charge in [-0.2, -0.15) is 0 Å². The molecule has 1 aromatic carbocycles. The first-order valence-electron chi connectivity index (χ1n) is 5.06. The normalized spacial score (nSPS) is 11.2. The van der Waals surface area contributed by atoms with Gasteiger partial charge in [0.1, 0.15) is 5.75 Å². The lowest BCUT2D eigenvalue weighted by Crippen LogP contribution is -2.32. The number of aromatic hydroxyl groups is 1. The molecule has 0 aliphatic heterocycles. The van der Waals surface area contributed by atoms with Gasteiger partial charge in [0.25, 0.3) is 5.91 Å². The summed E-state index contributed by atoms with van der Waals surface area (Å²) in [7, 11) is 0. The zero-order valence-electron chi connectivity index (χ0n) is 9.67. The lowest BCUT2D eigenvalue weighted by molar-refractivity contribution is 0.0939. The number of carbonyl (C=O) groups excluding carboxylic acids is 1. The number of carbonyl (C=O) groups is 1. The zero-order chi connectivity index (χ0) is 12.3. The van der Waals surface area contributed by atoms with Gasteiger partial charge in [0, 0.05) is 6.54 Å². The van der Waals surface area contributed by atoms with Crippen LogP contribution < -0.4 is 5.32 Å². The van der Waals surface area contributed by atoms with Crippen molar-refractivity contribution in [3.05, 3.63) is 28.8 Å². The van der Waals surface area contributed by atoms with E-state index in [0.717, 1.165) is 0 Å². The molecular weight excluding hydrogens is 226 g/mol. The van der Waals surface area contributed by atoms with Crippen molar-refractivity contribution < 1.29 is 9.90 Å². The maximum absolute atomic E-state index is 11.8. The van der Waals surface area contributed by atoms with Gasteiger partial charge >= 0.3 is 0 Å². The Kier molecular flexibility index (Phi) is 3.81. The highest BCUT2D eigenvalue weighted by atomic mass is 35.5. The summed E-state index contributed by atoms with van der Waals surface area (Å²) in [5.74, 6) is -0.235. The second kappa shape index (κ2) is 4.74. The summed E-state index contributed by atoms with van der Waals surface area (Å²) in [6.45, 7) is 6.63. The van der Waals surface area contributed by atoms with Crippen molar-refractivity contribution >= 4 is 17.5 Å². The maximum atomic E-state index is 11.8. The average Bonchev–Trinajstić information content (AvgIpc) is 2.17. The molecule has 0 radical (unpaired) electrons. The minimum Gasteiger partial charge on any atom is -0.508 e. The highest BCUT2D eigenvalue weighted by Crippen LogP contribution is 2.21. The summed E-state index contributed by atoms with van der Waals surface area (Å²) in [6, 6.07) is 4.31. The van der Waals surface area contributed by atoms with Crippen molar-refractivity contribution in [2.75, 3.05) is 6.54 Å². The van der Waals surface area contributed by atoms with E-state index < -0.39 is 0 Å². The van der Waals surface area contributed by atoms with Gasteiger partial charge in [0.2, 0.25) is 0 Å². The van der Waals surface area contributed by atoms with Crippen LogP contribution in [0.3, 0.4) is 0 Å². The molecule has 0 spiro atoms. The van der Waals surface area contributed by atoms with Crippen LogP contribution in [0.4, 0.5) is 0 Å². The Morgan fingerprint density at radius 1 is 1.44 bits per heavy atom. The fraction of sp³-hybridized carbons (Fsp3) is 0.417. The van der Waals surface area contributed by atoms with Gasteiger partial charge < -0.3 is 10.4 Å². The first-order chi connectivity index (χ1) is 7.29. The van der Waals surface area contributed by atoms with Crippen LogP contribution in [0.25, 0.3) is 0 Å². The van der Waals surface area contributed by atoms with E-state index in [1.807, 2.05) is 20.8 Å². The molecule has 0 saturated carbocycles. The molecule has 2 N–H and O–H groups in total. The predicted molar refractivity (Wildman–Crippen MR) is 64.9 cm³/mol. The van der Waals surface area contributed by atoms with Gasteiger partial charge in [0.05, 0.1) is 10.6 Å². The summed E-state index contributed by atoms with van der Waals surface area (Å²) in [5, 5.41) is 12.4. The molecule has 0 atom stereocenters. The number of halogens is 1. The van der Waals surface area contributed by atoms with Crippen molar-refractivity contribution in [2.24, 2.45) is 5.41 Å². The lowest BCUT2D eigenvalue weighted by Gasteiger charge is -2.18. The Balaban J connectivity index is 2.77. The molecule has 1 aromatic rings. The van der Waals surface area contributed by atoms with Crippen molar-refractivity contribution in [1.82, 2.24) is 5.32 Å². The van der Waals surface area contributed by atoms with Crippen LogP contribution in [0, 0.1) is 5.41 Å². The smallest absolute Gasteiger partial charge is 0.252 e. The van der Waals surface area contributed by atoms with E-state index in [0.29, 0.717) is 17.1 Å². The van der Waals surface area contributed by atoms with Gasteiger partial charge in [-0.1, -0.05) is 32.4 Å². The number of hydrogen-bond acceptors (Lipinski definition) is 2. The molecule has 0 aliphatic carbocycles. The Hall–Kier alpha value is -1.22. The lowest BCUT2D eigenvalue weighted by atomic mass is 9.97. The quantitative estimate of drug-likeness (QED) is 0.837. The highest BCUT2D eigenvalue weighted by molar-refractivity contribution is 6.33. The summed E-state index contributed by atoms with van der Waals surface area (Å²) in [6.07, 6.45) is 0. The molecule has 0 fully saturated rings. The van der Waals surface area contributed by atoms with Crippen LogP contribution in [0.15, 0.2) is 18.2 Å². The van der Waals surface area contributed by atoms with Crippen molar-refractivity contribution in [1.29, 1.82) is 0 Å². The van der Waals surface area contributed by atoms with Crippen LogP contribution in [0.1, 0.15) is 31.1 Å². The second-order valence-electron chi connectivity index (χ2n) is 4.91. The number of phenols is 1. The summed E-state index contributed by atoms with van der Waals surface area (Å²) >= 11 is 5.87. The molecule has 0 aromatic heterocycles. The molecule has 1 amide bonds. The number of hydrogen-bond donors (Lipinski definition) is 2. The minimum atomic E-state index is -0.268. The third-order valence-electron chi connectivity index (χ3n) is 1.97. The molecule has 0 aliphatic rings. The van der Waals surface area contributed by atoms with E-state index in [9.17, 15) is 9.90 Å². The second-order valence-corrected chi connectivity index (χ2v) is 5.31. The van der Waals surface area contributed by atoms with Crippen LogP contribution in [0.2, 0.25) is 5.02 Å². The van der Waals surface area contributed by atoms with Crippen LogP contribution >= 0.6 is 11.6 Å². The molecule has 88 valence electrons. The van der Waals surface area contributed by atoms with Crippen LogP contribution in [-0.4, -0.2) is 17.6 Å². The Bertz CT molecular complexity index is 396.